The van der Waals surface area contributed by atoms with E-state index in [0.29, 0.717) is 5.69 Å². The molecule has 3 aromatic carbocycles. The Morgan fingerprint density at radius 2 is 1.47 bits per heavy atom. The maximum Gasteiger partial charge on any atom is 0.264 e. The number of carbonyl (C=O) groups excluding carboxylic acids is 1. The van der Waals surface area contributed by atoms with Crippen molar-refractivity contribution < 1.29 is 13.2 Å². The predicted molar refractivity (Wildman–Crippen MR) is 138 cm³/mol. The Labute approximate surface area is 203 Å². The van der Waals surface area contributed by atoms with Crippen molar-refractivity contribution in [1.29, 1.82) is 0 Å². The van der Waals surface area contributed by atoms with Gasteiger partial charge in [-0.3, -0.25) is 9.10 Å². The number of carbonyl (C=O) groups is 1. The van der Waals surface area contributed by atoms with Crippen LogP contribution < -0.4 is 9.62 Å². The van der Waals surface area contributed by atoms with E-state index < -0.39 is 10.0 Å². The van der Waals surface area contributed by atoms with Crippen LogP contribution in [-0.4, -0.2) is 26.9 Å². The van der Waals surface area contributed by atoms with Crippen LogP contribution in [0.3, 0.4) is 0 Å². The fourth-order valence-corrected chi connectivity index (χ4v) is 5.65. The van der Waals surface area contributed by atoms with Crippen molar-refractivity contribution in [3.05, 3.63) is 96.1 Å². The van der Waals surface area contributed by atoms with Gasteiger partial charge in [-0.1, -0.05) is 81.4 Å². The number of rotatable bonds is 10. The van der Waals surface area contributed by atoms with Crippen LogP contribution in [0, 0.1) is 0 Å². The molecule has 0 heterocycles. The molecule has 34 heavy (non-hydrogen) atoms. The molecule has 3 aromatic rings. The first kappa shape index (κ1) is 25.5. The lowest BCUT2D eigenvalue weighted by Gasteiger charge is -2.30. The molecule has 1 N–H and O–H groups in total. The maximum absolute atomic E-state index is 13.5. The fourth-order valence-electron chi connectivity index (χ4n) is 4.21. The van der Waals surface area contributed by atoms with E-state index in [0.717, 1.165) is 18.4 Å². The van der Waals surface area contributed by atoms with Crippen LogP contribution in [-0.2, 0) is 26.7 Å². The quantitative estimate of drug-likeness (QED) is 0.429. The maximum atomic E-state index is 13.5. The molecule has 0 aliphatic rings. The third-order valence-electron chi connectivity index (χ3n) is 6.03. The highest BCUT2D eigenvalue weighted by Crippen LogP contribution is 2.28. The molecular weight excluding hydrogens is 444 g/mol. The summed E-state index contributed by atoms with van der Waals surface area (Å²) in [6.45, 7) is 7.99. The van der Waals surface area contributed by atoms with Crippen molar-refractivity contribution in [3.8, 4) is 0 Å². The third kappa shape index (κ3) is 6.26. The summed E-state index contributed by atoms with van der Waals surface area (Å²) in [5.41, 5.74) is 2.62. The number of nitrogens with one attached hydrogen (secondary N) is 1. The van der Waals surface area contributed by atoms with Gasteiger partial charge >= 0.3 is 0 Å². The van der Waals surface area contributed by atoms with Gasteiger partial charge in [0.15, 0.2) is 0 Å². The van der Waals surface area contributed by atoms with Crippen LogP contribution in [0.15, 0.2) is 89.8 Å². The Morgan fingerprint density at radius 3 is 2.03 bits per heavy atom. The second-order valence-corrected chi connectivity index (χ2v) is 11.1. The molecule has 0 spiro atoms. The van der Waals surface area contributed by atoms with Crippen molar-refractivity contribution in [2.75, 3.05) is 10.8 Å². The monoisotopic (exact) mass is 478 g/mol. The summed E-state index contributed by atoms with van der Waals surface area (Å²) >= 11 is 0. The first-order valence-corrected chi connectivity index (χ1v) is 13.1. The van der Waals surface area contributed by atoms with E-state index >= 15 is 0 Å². The van der Waals surface area contributed by atoms with Gasteiger partial charge in [0.2, 0.25) is 5.91 Å². The highest BCUT2D eigenvalue weighted by atomic mass is 32.2. The largest absolute Gasteiger partial charge is 0.352 e. The Morgan fingerprint density at radius 1 is 0.912 bits per heavy atom. The van der Waals surface area contributed by atoms with Gasteiger partial charge in [0.05, 0.1) is 10.6 Å². The van der Waals surface area contributed by atoms with Crippen LogP contribution in [0.4, 0.5) is 5.69 Å². The van der Waals surface area contributed by atoms with E-state index in [1.807, 2.05) is 44.2 Å². The molecule has 180 valence electrons. The van der Waals surface area contributed by atoms with Crippen molar-refractivity contribution in [3.63, 3.8) is 0 Å². The number of benzene rings is 3. The molecule has 0 aromatic heterocycles. The standard InChI is InChI=1S/C28H34N2O3S/c1-5-23-16-18-25(19-17-23)30(34(32,33)26-14-10-7-11-15-26)21-27(31)29-22(2)20-28(3,4)24-12-8-6-9-13-24/h6-19,22H,5,20-21H2,1-4H3,(H,29,31). The van der Waals surface area contributed by atoms with Gasteiger partial charge in [-0.25, -0.2) is 8.42 Å². The molecule has 0 bridgehead atoms. The molecule has 5 nitrogen and oxygen atoms in total. The Balaban J connectivity index is 1.79. The van der Waals surface area contributed by atoms with Gasteiger partial charge in [0.1, 0.15) is 6.54 Å². The molecule has 0 saturated carbocycles. The summed E-state index contributed by atoms with van der Waals surface area (Å²) in [5, 5.41) is 3.01. The second kappa shape index (κ2) is 10.9. The number of nitrogens with zero attached hydrogens (tertiary/aromatic N) is 1. The molecule has 1 atom stereocenters. The minimum Gasteiger partial charge on any atom is -0.352 e. The van der Waals surface area contributed by atoms with E-state index in [1.54, 1.807) is 42.5 Å². The van der Waals surface area contributed by atoms with Gasteiger partial charge in [-0.15, -0.1) is 0 Å². The average molecular weight is 479 g/mol. The Hall–Kier alpha value is -3.12. The van der Waals surface area contributed by atoms with Crippen LogP contribution >= 0.6 is 0 Å². The zero-order valence-corrected chi connectivity index (χ0v) is 21.2. The summed E-state index contributed by atoms with van der Waals surface area (Å²) in [4.78, 5) is 13.2. The smallest absolute Gasteiger partial charge is 0.264 e. The minimum absolute atomic E-state index is 0.133. The fraction of sp³-hybridized carbons (Fsp3) is 0.321. The number of anilines is 1. The molecular formula is C28H34N2O3S. The summed E-state index contributed by atoms with van der Waals surface area (Å²) in [7, 11) is -3.91. The van der Waals surface area contributed by atoms with E-state index in [9.17, 15) is 13.2 Å². The normalized spacial score (nSPS) is 12.7. The predicted octanol–water partition coefficient (Wildman–Crippen LogP) is 5.32. The number of amides is 1. The van der Waals surface area contributed by atoms with Crippen LogP contribution in [0.2, 0.25) is 0 Å². The van der Waals surface area contributed by atoms with Crippen LogP contribution in [0.1, 0.15) is 45.2 Å². The first-order valence-electron chi connectivity index (χ1n) is 11.6. The summed E-state index contributed by atoms with van der Waals surface area (Å²) in [5.74, 6) is -0.338. The van der Waals surface area contributed by atoms with Gasteiger partial charge in [-0.05, 0) is 60.6 Å². The minimum atomic E-state index is -3.91. The van der Waals surface area contributed by atoms with Crippen molar-refractivity contribution in [2.24, 2.45) is 0 Å². The highest BCUT2D eigenvalue weighted by molar-refractivity contribution is 7.92. The van der Waals surface area contributed by atoms with Gasteiger partial charge in [0.25, 0.3) is 10.0 Å². The van der Waals surface area contributed by atoms with Crippen molar-refractivity contribution in [1.82, 2.24) is 5.32 Å². The lowest BCUT2D eigenvalue weighted by molar-refractivity contribution is -0.120. The Bertz CT molecular complexity index is 1180. The molecule has 1 amide bonds. The van der Waals surface area contributed by atoms with Crippen LogP contribution in [0.5, 0.6) is 0 Å². The summed E-state index contributed by atoms with van der Waals surface area (Å²) in [6, 6.07) is 25.6. The Kier molecular flexibility index (Phi) is 8.15. The number of hydrogen-bond acceptors (Lipinski definition) is 3. The SMILES string of the molecule is CCc1ccc(N(CC(=O)NC(C)CC(C)(C)c2ccccc2)S(=O)(=O)c2ccccc2)cc1. The van der Waals surface area contributed by atoms with E-state index in [2.05, 4.69) is 31.3 Å². The van der Waals surface area contributed by atoms with Gasteiger partial charge < -0.3 is 5.32 Å². The molecule has 1 unspecified atom stereocenters. The van der Waals surface area contributed by atoms with E-state index in [1.165, 1.54) is 9.87 Å². The van der Waals surface area contributed by atoms with Gasteiger partial charge in [0, 0.05) is 6.04 Å². The number of hydrogen-bond donors (Lipinski definition) is 1. The zero-order valence-electron chi connectivity index (χ0n) is 20.4. The summed E-state index contributed by atoms with van der Waals surface area (Å²) < 4.78 is 28.1. The average Bonchev–Trinajstić information content (AvgIpc) is 2.83. The number of sulfonamides is 1. The highest BCUT2D eigenvalue weighted by Gasteiger charge is 2.29. The lowest BCUT2D eigenvalue weighted by atomic mass is 9.79. The molecule has 0 aliphatic heterocycles. The topological polar surface area (TPSA) is 66.5 Å². The van der Waals surface area contributed by atoms with E-state index in [4.69, 9.17) is 0 Å². The van der Waals surface area contributed by atoms with Crippen LogP contribution in [0.25, 0.3) is 0 Å². The molecule has 3 rings (SSSR count). The third-order valence-corrected chi connectivity index (χ3v) is 7.82. The van der Waals surface area contributed by atoms with E-state index in [-0.39, 0.29) is 28.8 Å². The number of aryl methyl sites for hydroxylation is 1. The lowest BCUT2D eigenvalue weighted by Crippen LogP contribution is -2.45. The molecule has 0 fully saturated rings. The molecule has 6 heteroatoms. The molecule has 0 aliphatic carbocycles. The van der Waals surface area contributed by atoms with Crippen molar-refractivity contribution in [2.45, 2.75) is 56.9 Å². The first-order chi connectivity index (χ1) is 16.1. The second-order valence-electron chi connectivity index (χ2n) is 9.27. The summed E-state index contributed by atoms with van der Waals surface area (Å²) in [6.07, 6.45) is 1.57. The molecule has 0 saturated heterocycles. The molecule has 0 radical (unpaired) electrons. The van der Waals surface area contributed by atoms with Gasteiger partial charge in [-0.2, -0.15) is 0 Å². The van der Waals surface area contributed by atoms with Crippen molar-refractivity contribution >= 4 is 21.6 Å². The zero-order chi connectivity index (χ0) is 24.8.